The van der Waals surface area contributed by atoms with Gasteiger partial charge in [0, 0.05) is 51.6 Å². The second-order valence-electron chi connectivity index (χ2n) is 13.0. The lowest BCUT2D eigenvalue weighted by atomic mass is 10.2. The van der Waals surface area contributed by atoms with Crippen LogP contribution in [-0.2, 0) is 22.7 Å². The molecule has 5 aromatic rings. The third-order valence-corrected chi connectivity index (χ3v) is 10.6. The van der Waals surface area contributed by atoms with Gasteiger partial charge in [0.05, 0.1) is 53.9 Å². The van der Waals surface area contributed by atoms with E-state index in [1.807, 2.05) is 54.3 Å². The fraction of sp³-hybridized carbons (Fsp3) is 0.438. The molecule has 2 aliphatic heterocycles. The molecule has 44 heavy (non-hydrogen) atoms. The van der Waals surface area contributed by atoms with Crippen LogP contribution in [0.15, 0.2) is 48.9 Å². The lowest BCUT2D eigenvalue weighted by Gasteiger charge is -2.26. The van der Waals surface area contributed by atoms with Crippen LogP contribution in [0.3, 0.4) is 0 Å². The normalized spacial score (nSPS) is 18.7. The first kappa shape index (κ1) is 29.4. The summed E-state index contributed by atoms with van der Waals surface area (Å²) >= 11 is 6.89. The van der Waals surface area contributed by atoms with Crippen molar-refractivity contribution in [3.8, 4) is 22.8 Å². The highest BCUT2D eigenvalue weighted by molar-refractivity contribution is 6.76. The number of fused-ring (bicyclic) bond motifs is 4. The van der Waals surface area contributed by atoms with Gasteiger partial charge >= 0.3 is 0 Å². The van der Waals surface area contributed by atoms with Crippen LogP contribution in [0.25, 0.3) is 33.3 Å². The number of benzene rings is 2. The number of aromatic nitrogens is 6. The average Bonchev–Trinajstić information content (AvgIpc) is 3.80. The number of hydrogen-bond acceptors (Lipinski definition) is 8. The molecule has 0 spiro atoms. The molecule has 2 bridgehead atoms. The summed E-state index contributed by atoms with van der Waals surface area (Å²) in [5, 5.41) is 4.99. The van der Waals surface area contributed by atoms with Gasteiger partial charge in [0.15, 0.2) is 0 Å². The Bertz CT molecular complexity index is 1820. The predicted molar refractivity (Wildman–Crippen MR) is 174 cm³/mol. The molecule has 10 nitrogen and oxygen atoms in total. The maximum absolute atomic E-state index is 6.89. The van der Waals surface area contributed by atoms with Crippen LogP contribution in [0.4, 0.5) is 0 Å². The van der Waals surface area contributed by atoms with E-state index in [2.05, 4.69) is 39.2 Å². The van der Waals surface area contributed by atoms with Gasteiger partial charge in [-0.3, -0.25) is 14.6 Å². The molecule has 12 heteroatoms. The van der Waals surface area contributed by atoms with Crippen molar-refractivity contribution in [2.24, 2.45) is 0 Å². The van der Waals surface area contributed by atoms with Crippen LogP contribution in [-0.4, -0.2) is 80.7 Å². The Morgan fingerprint density at radius 1 is 1.07 bits per heavy atom. The van der Waals surface area contributed by atoms with Crippen LogP contribution in [0.2, 0.25) is 30.7 Å². The minimum Gasteiger partial charge on any atom is -0.456 e. The molecule has 0 N–H and O–H groups in total. The number of morpholine rings is 1. The molecular weight excluding hydrogens is 594 g/mol. The van der Waals surface area contributed by atoms with Crippen molar-refractivity contribution >= 4 is 41.7 Å². The summed E-state index contributed by atoms with van der Waals surface area (Å²) in [6.07, 6.45) is 7.17. The van der Waals surface area contributed by atoms with Gasteiger partial charge in [0.2, 0.25) is 0 Å². The van der Waals surface area contributed by atoms with Crippen LogP contribution in [0.5, 0.6) is 11.5 Å². The van der Waals surface area contributed by atoms with Gasteiger partial charge in [0.25, 0.3) is 0 Å². The minimum absolute atomic E-state index is 0.402. The molecule has 2 fully saturated rings. The second kappa shape index (κ2) is 11.9. The highest BCUT2D eigenvalue weighted by Gasteiger charge is 2.38. The molecular formula is C32H38ClN7O3Si. The zero-order valence-corrected chi connectivity index (χ0v) is 27.4. The number of hydrogen-bond donors (Lipinski definition) is 0. The number of nitrogens with zero attached hydrogens (tertiary/aromatic N) is 7. The van der Waals surface area contributed by atoms with Gasteiger partial charge < -0.3 is 18.8 Å². The summed E-state index contributed by atoms with van der Waals surface area (Å²) in [7, 11) is -1.16. The van der Waals surface area contributed by atoms with E-state index in [0.29, 0.717) is 52.1 Å². The third-order valence-electron chi connectivity index (χ3n) is 8.53. The molecule has 7 rings (SSSR count). The first-order valence-corrected chi connectivity index (χ1v) is 19.3. The molecule has 0 aliphatic carbocycles. The quantitative estimate of drug-likeness (QED) is 0.122. The van der Waals surface area contributed by atoms with E-state index in [1.165, 1.54) is 0 Å². The van der Waals surface area contributed by atoms with Crippen molar-refractivity contribution < 1.29 is 14.2 Å². The molecule has 230 valence electrons. The number of rotatable bonds is 11. The maximum atomic E-state index is 6.89. The van der Waals surface area contributed by atoms with Gasteiger partial charge in [-0.1, -0.05) is 31.2 Å². The molecule has 2 saturated heterocycles. The smallest absolute Gasteiger partial charge is 0.148 e. The van der Waals surface area contributed by atoms with Gasteiger partial charge in [-0.05, 0) is 43.7 Å². The maximum Gasteiger partial charge on any atom is 0.148 e. The van der Waals surface area contributed by atoms with E-state index < -0.39 is 8.07 Å². The van der Waals surface area contributed by atoms with Crippen LogP contribution in [0.1, 0.15) is 12.2 Å². The fourth-order valence-electron chi connectivity index (χ4n) is 5.96. The highest BCUT2D eigenvalue weighted by Crippen LogP contribution is 2.36. The summed E-state index contributed by atoms with van der Waals surface area (Å²) in [4.78, 5) is 16.7. The van der Waals surface area contributed by atoms with Gasteiger partial charge in [-0.2, -0.15) is 5.10 Å². The second-order valence-corrected chi connectivity index (χ2v) is 19.0. The Kier molecular flexibility index (Phi) is 7.92. The lowest BCUT2D eigenvalue weighted by Crippen LogP contribution is -2.38. The standard InChI is InChI=1S/C32H38ClN7O3Si/c1-21-36-26-6-5-24(14-29(26)40(21)20-41-11-12-44(2,3)4)43-30-8-7-27-32(31(30)33)37-28(16-34-27)22-15-35-39(17-22)10-9-38-18-25-13-23(38)19-42-25/h5-8,14-17,23,25H,9-13,18-20H2,1-4H3/t23-,25-/m1/s1. The Balaban J connectivity index is 1.07. The monoisotopic (exact) mass is 631 g/mol. The molecule has 2 atom stereocenters. The van der Waals surface area contributed by atoms with Gasteiger partial charge in [-0.15, -0.1) is 0 Å². The Morgan fingerprint density at radius 3 is 2.73 bits per heavy atom. The van der Waals surface area contributed by atoms with Crippen molar-refractivity contribution in [3.05, 3.63) is 59.8 Å². The summed E-state index contributed by atoms with van der Waals surface area (Å²) in [5.41, 5.74) is 4.74. The predicted octanol–water partition coefficient (Wildman–Crippen LogP) is 6.38. The SMILES string of the molecule is Cc1nc2ccc(Oc3ccc4ncc(-c5cnn(CCN6C[C@H]7C[C@@H]6CO7)c5)nc4c3Cl)cc2n1COCC[Si](C)(C)C. The van der Waals surface area contributed by atoms with E-state index in [1.54, 1.807) is 6.20 Å². The molecule has 2 aromatic carbocycles. The van der Waals surface area contributed by atoms with E-state index >= 15 is 0 Å². The Hall–Kier alpha value is -3.35. The van der Waals surface area contributed by atoms with Crippen LogP contribution in [0, 0.1) is 6.92 Å². The number of imidazole rings is 1. The highest BCUT2D eigenvalue weighted by atomic mass is 35.5. The lowest BCUT2D eigenvalue weighted by molar-refractivity contribution is 0.0290. The Labute approximate surface area is 262 Å². The summed E-state index contributed by atoms with van der Waals surface area (Å²) < 4.78 is 22.1. The van der Waals surface area contributed by atoms with Crippen molar-refractivity contribution in [2.75, 3.05) is 26.3 Å². The minimum atomic E-state index is -1.16. The molecule has 0 saturated carbocycles. The van der Waals surface area contributed by atoms with Gasteiger partial charge in [0.1, 0.15) is 34.6 Å². The molecule has 5 heterocycles. The first-order chi connectivity index (χ1) is 21.2. The average molecular weight is 632 g/mol. The number of ether oxygens (including phenoxy) is 3. The zero-order chi connectivity index (χ0) is 30.4. The summed E-state index contributed by atoms with van der Waals surface area (Å²) in [6.45, 7) is 13.9. The van der Waals surface area contributed by atoms with Crippen molar-refractivity contribution in [2.45, 2.75) is 64.5 Å². The molecule has 3 aromatic heterocycles. The van der Waals surface area contributed by atoms with Crippen molar-refractivity contribution in [1.29, 1.82) is 0 Å². The molecule has 0 unspecified atom stereocenters. The number of halogens is 1. The van der Waals surface area contributed by atoms with E-state index in [4.69, 9.17) is 35.8 Å². The van der Waals surface area contributed by atoms with Crippen molar-refractivity contribution in [1.82, 2.24) is 34.2 Å². The zero-order valence-electron chi connectivity index (χ0n) is 25.7. The number of likely N-dealkylation sites (tertiary alicyclic amines) is 1. The van der Waals surface area contributed by atoms with Crippen molar-refractivity contribution in [3.63, 3.8) is 0 Å². The largest absolute Gasteiger partial charge is 0.456 e. The fourth-order valence-corrected chi connectivity index (χ4v) is 6.95. The summed E-state index contributed by atoms with van der Waals surface area (Å²) in [5.74, 6) is 2.07. The van der Waals surface area contributed by atoms with E-state index in [9.17, 15) is 0 Å². The van der Waals surface area contributed by atoms with E-state index in [0.717, 1.165) is 67.7 Å². The first-order valence-electron chi connectivity index (χ1n) is 15.3. The molecule has 0 amide bonds. The van der Waals surface area contributed by atoms with Crippen LogP contribution >= 0.6 is 11.6 Å². The topological polar surface area (TPSA) is 92.4 Å². The molecule has 0 radical (unpaired) electrons. The third kappa shape index (κ3) is 6.11. The van der Waals surface area contributed by atoms with Crippen LogP contribution < -0.4 is 4.74 Å². The van der Waals surface area contributed by atoms with E-state index in [-0.39, 0.29) is 0 Å². The molecule has 2 aliphatic rings. The van der Waals surface area contributed by atoms with Gasteiger partial charge in [-0.25, -0.2) is 9.97 Å². The Morgan fingerprint density at radius 2 is 1.93 bits per heavy atom. The number of aryl methyl sites for hydroxylation is 1. The summed E-state index contributed by atoms with van der Waals surface area (Å²) in [6, 6.07) is 11.2.